The van der Waals surface area contributed by atoms with Gasteiger partial charge in [-0.15, -0.1) is 0 Å². The fourth-order valence-electron chi connectivity index (χ4n) is 2.15. The van der Waals surface area contributed by atoms with Crippen LogP contribution in [0.5, 0.6) is 0 Å². The number of carbonyl (C=O) groups is 1. The van der Waals surface area contributed by atoms with Crippen molar-refractivity contribution in [2.24, 2.45) is 0 Å². The summed E-state index contributed by atoms with van der Waals surface area (Å²) < 4.78 is 0. The molecule has 2 fully saturated rings. The first-order chi connectivity index (χ1) is 6.81. The van der Waals surface area contributed by atoms with E-state index in [1.807, 2.05) is 0 Å². The zero-order valence-corrected chi connectivity index (χ0v) is 8.41. The molecule has 2 atom stereocenters. The number of aliphatic hydroxyl groups excluding tert-OH is 1. The minimum atomic E-state index is -0.335. The predicted octanol–water partition coefficient (Wildman–Crippen LogP) is -0.278. The Balaban J connectivity index is 1.67. The van der Waals surface area contributed by atoms with E-state index in [0.717, 1.165) is 25.9 Å². The summed E-state index contributed by atoms with van der Waals surface area (Å²) in [6, 6.07) is 1.08. The van der Waals surface area contributed by atoms with Crippen molar-refractivity contribution < 1.29 is 9.90 Å². The number of rotatable bonds is 4. The molecule has 0 aliphatic carbocycles. The molecule has 80 valence electrons. The van der Waals surface area contributed by atoms with Crippen LogP contribution >= 0.6 is 0 Å². The number of hydrogen-bond donors (Lipinski definition) is 2. The average molecular weight is 198 g/mol. The van der Waals surface area contributed by atoms with Crippen molar-refractivity contribution in [2.75, 3.05) is 19.7 Å². The van der Waals surface area contributed by atoms with Gasteiger partial charge < -0.3 is 15.3 Å². The van der Waals surface area contributed by atoms with Crippen LogP contribution in [0.15, 0.2) is 0 Å². The first kappa shape index (κ1) is 9.93. The number of nitrogens with one attached hydrogen (secondary N) is 1. The Bertz CT molecular complexity index is 216. The van der Waals surface area contributed by atoms with Crippen LogP contribution in [0.25, 0.3) is 0 Å². The lowest BCUT2D eigenvalue weighted by atomic mass is 9.92. The normalized spacial score (nSPS) is 30.8. The molecular weight excluding hydrogens is 180 g/mol. The van der Waals surface area contributed by atoms with Gasteiger partial charge in [-0.2, -0.15) is 0 Å². The topological polar surface area (TPSA) is 52.6 Å². The molecule has 0 aromatic rings. The number of amides is 1. The lowest BCUT2D eigenvalue weighted by molar-refractivity contribution is -0.142. The molecule has 4 nitrogen and oxygen atoms in total. The van der Waals surface area contributed by atoms with Crippen molar-refractivity contribution in [3.8, 4) is 0 Å². The van der Waals surface area contributed by atoms with Gasteiger partial charge in [-0.3, -0.25) is 4.79 Å². The second-order valence-electron chi connectivity index (χ2n) is 4.20. The van der Waals surface area contributed by atoms with E-state index in [9.17, 15) is 4.79 Å². The zero-order chi connectivity index (χ0) is 9.97. The molecule has 0 aromatic carbocycles. The zero-order valence-electron chi connectivity index (χ0n) is 8.41. The van der Waals surface area contributed by atoms with E-state index >= 15 is 0 Å². The molecule has 2 unspecified atom stereocenters. The van der Waals surface area contributed by atoms with Gasteiger partial charge in [0.05, 0.1) is 0 Å². The van der Waals surface area contributed by atoms with Crippen LogP contribution in [0.3, 0.4) is 0 Å². The number of likely N-dealkylation sites (tertiary alicyclic amines) is 1. The standard InChI is InChI=1S/C10H18N2O2/c13-7-10(14)12-6-4-9(12)2-1-8-3-5-11-8/h8-9,11,13H,1-7H2. The third-order valence-electron chi connectivity index (χ3n) is 3.37. The summed E-state index contributed by atoms with van der Waals surface area (Å²) in [4.78, 5) is 13.0. The summed E-state index contributed by atoms with van der Waals surface area (Å²) in [5.41, 5.74) is 0. The fourth-order valence-corrected chi connectivity index (χ4v) is 2.15. The van der Waals surface area contributed by atoms with Crippen LogP contribution in [0.2, 0.25) is 0 Å². The molecule has 2 rings (SSSR count). The number of aliphatic hydroxyl groups is 1. The van der Waals surface area contributed by atoms with Crippen molar-refractivity contribution in [2.45, 2.75) is 37.8 Å². The van der Waals surface area contributed by atoms with E-state index < -0.39 is 0 Å². The summed E-state index contributed by atoms with van der Waals surface area (Å²) in [5, 5.41) is 12.1. The number of hydrogen-bond acceptors (Lipinski definition) is 3. The Hall–Kier alpha value is -0.610. The Kier molecular flexibility index (Phi) is 3.03. The van der Waals surface area contributed by atoms with E-state index in [1.165, 1.54) is 12.8 Å². The minimum absolute atomic E-state index is 0.109. The second-order valence-corrected chi connectivity index (χ2v) is 4.20. The second kappa shape index (κ2) is 4.28. The molecule has 14 heavy (non-hydrogen) atoms. The lowest BCUT2D eigenvalue weighted by Gasteiger charge is -2.42. The van der Waals surface area contributed by atoms with Gasteiger partial charge in [-0.05, 0) is 32.2 Å². The maximum absolute atomic E-state index is 11.2. The summed E-state index contributed by atoms with van der Waals surface area (Å²) in [6.07, 6.45) is 4.64. The Morgan fingerprint density at radius 2 is 2.21 bits per heavy atom. The summed E-state index contributed by atoms with van der Waals surface area (Å²) in [5.74, 6) is -0.109. The molecule has 0 spiro atoms. The molecule has 2 N–H and O–H groups in total. The third-order valence-corrected chi connectivity index (χ3v) is 3.37. The molecule has 1 amide bonds. The SMILES string of the molecule is O=C(CO)N1CCC1CCC1CCN1. The first-order valence-corrected chi connectivity index (χ1v) is 5.45. The Morgan fingerprint density at radius 1 is 1.43 bits per heavy atom. The van der Waals surface area contributed by atoms with Gasteiger partial charge >= 0.3 is 0 Å². The van der Waals surface area contributed by atoms with Crippen molar-refractivity contribution in [3.63, 3.8) is 0 Å². The molecular formula is C10H18N2O2. The van der Waals surface area contributed by atoms with Crippen LogP contribution in [0.4, 0.5) is 0 Å². The van der Waals surface area contributed by atoms with Crippen molar-refractivity contribution in [1.82, 2.24) is 10.2 Å². The highest BCUT2D eigenvalue weighted by atomic mass is 16.3. The summed E-state index contributed by atoms with van der Waals surface area (Å²) in [7, 11) is 0. The van der Waals surface area contributed by atoms with Gasteiger partial charge in [-0.25, -0.2) is 0 Å². The van der Waals surface area contributed by atoms with E-state index in [2.05, 4.69) is 5.32 Å². The van der Waals surface area contributed by atoms with Gasteiger partial charge in [0, 0.05) is 18.6 Å². The summed E-state index contributed by atoms with van der Waals surface area (Å²) >= 11 is 0. The molecule has 4 heteroatoms. The highest BCUT2D eigenvalue weighted by Gasteiger charge is 2.32. The number of nitrogens with zero attached hydrogens (tertiary/aromatic N) is 1. The summed E-state index contributed by atoms with van der Waals surface area (Å²) in [6.45, 7) is 1.65. The van der Waals surface area contributed by atoms with Crippen LogP contribution in [0, 0.1) is 0 Å². The molecule has 2 heterocycles. The van der Waals surface area contributed by atoms with Crippen LogP contribution in [0.1, 0.15) is 25.7 Å². The van der Waals surface area contributed by atoms with Crippen molar-refractivity contribution in [3.05, 3.63) is 0 Å². The Labute approximate surface area is 84.3 Å². The van der Waals surface area contributed by atoms with E-state index in [-0.39, 0.29) is 12.5 Å². The quantitative estimate of drug-likeness (QED) is 0.653. The van der Waals surface area contributed by atoms with E-state index in [1.54, 1.807) is 4.90 Å². The largest absolute Gasteiger partial charge is 0.387 e. The maximum Gasteiger partial charge on any atom is 0.248 e. The van der Waals surface area contributed by atoms with E-state index in [4.69, 9.17) is 5.11 Å². The van der Waals surface area contributed by atoms with Crippen LogP contribution < -0.4 is 5.32 Å². The fraction of sp³-hybridized carbons (Fsp3) is 0.900. The minimum Gasteiger partial charge on any atom is -0.387 e. The van der Waals surface area contributed by atoms with Crippen LogP contribution in [-0.4, -0.2) is 47.7 Å². The smallest absolute Gasteiger partial charge is 0.248 e. The molecule has 0 radical (unpaired) electrons. The molecule has 2 aliphatic rings. The monoisotopic (exact) mass is 198 g/mol. The highest BCUT2D eigenvalue weighted by Crippen LogP contribution is 2.23. The highest BCUT2D eigenvalue weighted by molar-refractivity contribution is 5.78. The van der Waals surface area contributed by atoms with E-state index in [0.29, 0.717) is 12.1 Å². The third kappa shape index (κ3) is 1.91. The van der Waals surface area contributed by atoms with Gasteiger partial charge in [-0.1, -0.05) is 0 Å². The molecule has 0 aromatic heterocycles. The van der Waals surface area contributed by atoms with Crippen LogP contribution in [-0.2, 0) is 4.79 Å². The Morgan fingerprint density at radius 3 is 2.64 bits per heavy atom. The molecule has 2 aliphatic heterocycles. The van der Waals surface area contributed by atoms with Crippen molar-refractivity contribution >= 4 is 5.91 Å². The first-order valence-electron chi connectivity index (χ1n) is 5.45. The van der Waals surface area contributed by atoms with Gasteiger partial charge in [0.1, 0.15) is 6.61 Å². The number of carbonyl (C=O) groups excluding carboxylic acids is 1. The average Bonchev–Trinajstić information content (AvgIpc) is 2.07. The van der Waals surface area contributed by atoms with Gasteiger partial charge in [0.25, 0.3) is 0 Å². The molecule has 0 saturated carbocycles. The molecule has 2 saturated heterocycles. The van der Waals surface area contributed by atoms with Gasteiger partial charge in [0.15, 0.2) is 0 Å². The lowest BCUT2D eigenvalue weighted by Crippen LogP contribution is -2.53. The predicted molar refractivity (Wildman–Crippen MR) is 52.8 cm³/mol. The van der Waals surface area contributed by atoms with Gasteiger partial charge in [0.2, 0.25) is 5.91 Å². The van der Waals surface area contributed by atoms with Crippen molar-refractivity contribution in [1.29, 1.82) is 0 Å². The maximum atomic E-state index is 11.2. The molecule has 0 bridgehead atoms.